The number of nitrogens with one attached hydrogen (secondary N) is 1. The Labute approximate surface area is 155 Å². The zero-order valence-corrected chi connectivity index (χ0v) is 15.3. The maximum Gasteiger partial charge on any atom is 0.416 e. The number of nitrogens with zero attached hydrogens (tertiary/aromatic N) is 1. The summed E-state index contributed by atoms with van der Waals surface area (Å²) >= 11 is 0. The molecule has 2 heterocycles. The van der Waals surface area contributed by atoms with Crippen LogP contribution in [0.15, 0.2) is 23.8 Å². The van der Waals surface area contributed by atoms with E-state index >= 15 is 0 Å². The van der Waals surface area contributed by atoms with Crippen LogP contribution in [0, 0.1) is 0 Å². The van der Waals surface area contributed by atoms with Crippen molar-refractivity contribution in [2.24, 2.45) is 0 Å². The molecule has 0 saturated carbocycles. The summed E-state index contributed by atoms with van der Waals surface area (Å²) in [6.07, 6.45) is -3.46. The van der Waals surface area contributed by atoms with Gasteiger partial charge in [0.1, 0.15) is 11.4 Å². The number of hydrogen-bond donors (Lipinski definition) is 2. The van der Waals surface area contributed by atoms with E-state index in [-0.39, 0.29) is 18.1 Å². The van der Waals surface area contributed by atoms with Gasteiger partial charge in [-0.3, -0.25) is 4.79 Å². The van der Waals surface area contributed by atoms with Gasteiger partial charge in [0.15, 0.2) is 0 Å². The third-order valence-corrected chi connectivity index (χ3v) is 4.87. The van der Waals surface area contributed by atoms with Gasteiger partial charge in [-0.2, -0.15) is 13.2 Å². The lowest BCUT2D eigenvalue weighted by Crippen LogP contribution is -2.43. The van der Waals surface area contributed by atoms with Gasteiger partial charge in [0.25, 0.3) is 0 Å². The highest BCUT2D eigenvalue weighted by atomic mass is 19.4. The summed E-state index contributed by atoms with van der Waals surface area (Å²) in [6, 6.07) is 3.36. The molecule has 148 valence electrons. The van der Waals surface area contributed by atoms with Crippen LogP contribution < -0.4 is 10.1 Å². The summed E-state index contributed by atoms with van der Waals surface area (Å²) in [7, 11) is 0. The van der Waals surface area contributed by atoms with E-state index < -0.39 is 17.3 Å². The monoisotopic (exact) mass is 384 g/mol. The van der Waals surface area contributed by atoms with Crippen LogP contribution in [0.4, 0.5) is 13.2 Å². The van der Waals surface area contributed by atoms with Crippen LogP contribution in [0.3, 0.4) is 0 Å². The quantitative estimate of drug-likeness (QED) is 0.767. The van der Waals surface area contributed by atoms with Crippen molar-refractivity contribution in [3.05, 3.63) is 34.9 Å². The predicted octanol–water partition coefficient (Wildman–Crippen LogP) is 2.79. The first-order valence-corrected chi connectivity index (χ1v) is 8.91. The van der Waals surface area contributed by atoms with Crippen molar-refractivity contribution in [3.63, 3.8) is 0 Å². The Kier molecular flexibility index (Phi) is 5.22. The average molecular weight is 384 g/mol. The maximum atomic E-state index is 13.3. The number of halogens is 3. The van der Waals surface area contributed by atoms with Gasteiger partial charge in [-0.1, -0.05) is 0 Å². The van der Waals surface area contributed by atoms with Gasteiger partial charge in [0.05, 0.1) is 17.9 Å². The highest BCUT2D eigenvalue weighted by Gasteiger charge is 2.41. The van der Waals surface area contributed by atoms with Crippen LogP contribution in [0.2, 0.25) is 0 Å². The van der Waals surface area contributed by atoms with E-state index in [1.54, 1.807) is 4.90 Å². The van der Waals surface area contributed by atoms with Crippen LogP contribution in [0.5, 0.6) is 5.75 Å². The number of fused-ring (bicyclic) bond motifs is 1. The van der Waals surface area contributed by atoms with E-state index in [9.17, 15) is 18.0 Å². The Bertz CT molecular complexity index is 772. The Hall–Kier alpha value is -2.06. The van der Waals surface area contributed by atoms with E-state index in [1.807, 2.05) is 13.8 Å². The second kappa shape index (κ2) is 7.16. The molecule has 0 unspecified atom stereocenters. The van der Waals surface area contributed by atoms with Crippen molar-refractivity contribution >= 4 is 11.6 Å². The van der Waals surface area contributed by atoms with Gasteiger partial charge in [0.2, 0.25) is 5.91 Å². The minimum absolute atomic E-state index is 0.0681. The first-order valence-electron chi connectivity index (χ1n) is 8.91. The summed E-state index contributed by atoms with van der Waals surface area (Å²) in [5.74, 6) is 0.222. The van der Waals surface area contributed by atoms with E-state index in [2.05, 4.69) is 5.32 Å². The number of alkyl halides is 3. The number of ether oxygens (including phenoxy) is 1. The molecule has 2 aliphatic heterocycles. The number of carbonyl (C=O) groups excluding carboxylic acids is 1. The molecule has 1 amide bonds. The van der Waals surface area contributed by atoms with Crippen molar-refractivity contribution in [3.8, 4) is 5.75 Å². The van der Waals surface area contributed by atoms with Crippen LogP contribution in [0.1, 0.15) is 37.8 Å². The molecule has 5 nitrogen and oxygen atoms in total. The Morgan fingerprint density at radius 1 is 1.33 bits per heavy atom. The second-order valence-electron chi connectivity index (χ2n) is 7.20. The fourth-order valence-corrected chi connectivity index (χ4v) is 3.55. The molecule has 1 fully saturated rings. The SMILES string of the molecule is CC1(C)Oc2ccc(C(F)(F)F)cc2C(N2CCCC2=O)=C1CNCCO. The number of amides is 1. The zero-order valence-electron chi connectivity index (χ0n) is 15.3. The maximum absolute atomic E-state index is 13.3. The molecule has 0 radical (unpaired) electrons. The van der Waals surface area contributed by atoms with Crippen LogP contribution in [-0.4, -0.2) is 47.8 Å². The van der Waals surface area contributed by atoms with Gasteiger partial charge in [-0.25, -0.2) is 0 Å². The minimum atomic E-state index is -4.49. The first kappa shape index (κ1) is 19.7. The first-order chi connectivity index (χ1) is 12.6. The average Bonchev–Trinajstić information content (AvgIpc) is 2.99. The van der Waals surface area contributed by atoms with E-state index in [4.69, 9.17) is 9.84 Å². The third kappa shape index (κ3) is 3.82. The Morgan fingerprint density at radius 2 is 2.07 bits per heavy atom. The molecule has 0 aliphatic carbocycles. The standard InChI is InChI=1S/C19H23F3N2O3/c1-18(2)14(11-23-7-9-25)17(24-8-3-4-16(24)26)13-10-12(19(20,21)22)5-6-15(13)27-18/h5-6,10,23,25H,3-4,7-9,11H2,1-2H3. The summed E-state index contributed by atoms with van der Waals surface area (Å²) in [6.45, 7) is 4.66. The highest BCUT2D eigenvalue weighted by Crippen LogP contribution is 2.45. The van der Waals surface area contributed by atoms with Gasteiger partial charge in [-0.15, -0.1) is 0 Å². The molecule has 0 spiro atoms. The Morgan fingerprint density at radius 3 is 2.67 bits per heavy atom. The molecule has 8 heteroatoms. The Balaban J connectivity index is 2.18. The van der Waals surface area contributed by atoms with Crippen molar-refractivity contribution in [2.75, 3.05) is 26.2 Å². The molecule has 1 aromatic rings. The lowest BCUT2D eigenvalue weighted by atomic mass is 9.88. The number of likely N-dealkylation sites (tertiary alicyclic amines) is 1. The molecule has 1 aromatic carbocycles. The topological polar surface area (TPSA) is 61.8 Å². The van der Waals surface area contributed by atoms with Crippen molar-refractivity contribution in [2.45, 2.75) is 38.5 Å². The number of hydrogen-bond acceptors (Lipinski definition) is 4. The molecular weight excluding hydrogens is 361 g/mol. The molecule has 0 atom stereocenters. The molecule has 1 saturated heterocycles. The second-order valence-corrected chi connectivity index (χ2v) is 7.20. The summed E-state index contributed by atoms with van der Waals surface area (Å²) in [4.78, 5) is 14.0. The summed E-state index contributed by atoms with van der Waals surface area (Å²) < 4.78 is 45.8. The van der Waals surface area contributed by atoms with Crippen LogP contribution >= 0.6 is 0 Å². The van der Waals surface area contributed by atoms with Gasteiger partial charge in [0, 0.05) is 37.2 Å². The molecule has 0 aromatic heterocycles. The van der Waals surface area contributed by atoms with Gasteiger partial charge >= 0.3 is 6.18 Å². The van der Waals surface area contributed by atoms with Crippen molar-refractivity contribution < 1.29 is 27.8 Å². The smallest absolute Gasteiger partial charge is 0.416 e. The number of benzene rings is 1. The number of aliphatic hydroxyl groups excluding tert-OH is 1. The largest absolute Gasteiger partial charge is 0.483 e. The molecule has 2 N–H and O–H groups in total. The lowest BCUT2D eigenvalue weighted by Gasteiger charge is -2.40. The zero-order chi connectivity index (χ0) is 19.8. The fourth-order valence-electron chi connectivity index (χ4n) is 3.55. The molecule has 3 rings (SSSR count). The molecular formula is C19H23F3N2O3. The lowest BCUT2D eigenvalue weighted by molar-refractivity contribution is -0.137. The summed E-state index contributed by atoms with van der Waals surface area (Å²) in [5, 5.41) is 12.1. The molecule has 27 heavy (non-hydrogen) atoms. The minimum Gasteiger partial charge on any atom is -0.483 e. The van der Waals surface area contributed by atoms with E-state index in [0.717, 1.165) is 12.1 Å². The third-order valence-electron chi connectivity index (χ3n) is 4.87. The summed E-state index contributed by atoms with van der Waals surface area (Å²) in [5.41, 5.74) is -0.136. The van der Waals surface area contributed by atoms with Gasteiger partial charge < -0.3 is 20.1 Å². The normalized spacial score (nSPS) is 19.3. The molecule has 2 aliphatic rings. The number of rotatable bonds is 5. The highest BCUT2D eigenvalue weighted by molar-refractivity contribution is 5.91. The predicted molar refractivity (Wildman–Crippen MR) is 94.0 cm³/mol. The number of carbonyl (C=O) groups is 1. The van der Waals surface area contributed by atoms with E-state index in [1.165, 1.54) is 6.07 Å². The van der Waals surface area contributed by atoms with Crippen molar-refractivity contribution in [1.82, 2.24) is 10.2 Å². The van der Waals surface area contributed by atoms with Crippen molar-refractivity contribution in [1.29, 1.82) is 0 Å². The van der Waals surface area contributed by atoms with Gasteiger partial charge in [-0.05, 0) is 38.5 Å². The van der Waals surface area contributed by atoms with Crippen LogP contribution in [-0.2, 0) is 11.0 Å². The number of aliphatic hydroxyl groups is 1. The van der Waals surface area contributed by atoms with E-state index in [0.29, 0.717) is 49.5 Å². The van der Waals surface area contributed by atoms with Crippen LogP contribution in [0.25, 0.3) is 5.70 Å². The molecule has 0 bridgehead atoms. The fraction of sp³-hybridized carbons (Fsp3) is 0.526.